The number of nitrogens with zero attached hydrogens (tertiary/aromatic N) is 1. The summed E-state index contributed by atoms with van der Waals surface area (Å²) < 4.78 is 1.06. The maximum absolute atomic E-state index is 13.1. The van der Waals surface area contributed by atoms with Crippen molar-refractivity contribution in [2.45, 2.75) is 69.6 Å². The monoisotopic (exact) mass is 404 g/mol. The number of hydrogen-bond donors (Lipinski definition) is 2. The van der Waals surface area contributed by atoms with Gasteiger partial charge in [0, 0.05) is 40.1 Å². The number of aromatic nitrogens is 1. The Morgan fingerprint density at radius 3 is 2.92 bits per heavy atom. The lowest BCUT2D eigenvalue weighted by Crippen LogP contribution is -2.67. The average Bonchev–Trinajstić information content (AvgIpc) is 2.98. The molecule has 134 valence electrons. The first-order valence-electron chi connectivity index (χ1n) is 9.21. The van der Waals surface area contributed by atoms with Gasteiger partial charge in [0.2, 0.25) is 5.91 Å². The van der Waals surface area contributed by atoms with Crippen LogP contribution in [0.3, 0.4) is 0 Å². The van der Waals surface area contributed by atoms with E-state index in [1.807, 2.05) is 18.3 Å². The molecule has 1 aromatic heterocycles. The number of benzene rings is 1. The minimum atomic E-state index is -0.505. The van der Waals surface area contributed by atoms with E-state index in [4.69, 9.17) is 0 Å². The maximum atomic E-state index is 13.1. The molecule has 5 rings (SSSR count). The van der Waals surface area contributed by atoms with Gasteiger partial charge in [-0.2, -0.15) is 0 Å². The number of H-pyrrole nitrogens is 1. The number of carbonyl (C=O) groups excluding carboxylic acids is 1. The Bertz CT molecular complexity index is 809. The van der Waals surface area contributed by atoms with E-state index in [0.29, 0.717) is 6.42 Å². The van der Waals surface area contributed by atoms with Crippen LogP contribution in [0, 0.1) is 0 Å². The Hall–Kier alpha value is -1.33. The summed E-state index contributed by atoms with van der Waals surface area (Å²) in [6.45, 7) is 4.24. The van der Waals surface area contributed by atoms with Crippen LogP contribution in [0.5, 0.6) is 0 Å². The highest BCUT2D eigenvalue weighted by Crippen LogP contribution is 2.47. The summed E-state index contributed by atoms with van der Waals surface area (Å²) in [5.74, 6) is 0.380. The molecule has 3 fully saturated rings. The summed E-state index contributed by atoms with van der Waals surface area (Å²) in [5.41, 5.74) is 1.78. The maximum Gasteiger partial charge on any atom is 0.223 e. The Morgan fingerprint density at radius 1 is 1.44 bits per heavy atom. The summed E-state index contributed by atoms with van der Waals surface area (Å²) in [4.78, 5) is 18.5. The number of halogens is 1. The second-order valence-electron chi connectivity index (χ2n) is 7.87. The second kappa shape index (κ2) is 6.13. The van der Waals surface area contributed by atoms with E-state index in [1.54, 1.807) is 0 Å². The molecule has 1 amide bonds. The van der Waals surface area contributed by atoms with Crippen molar-refractivity contribution in [2.75, 3.05) is 0 Å². The number of aliphatic hydroxyl groups is 1. The quantitative estimate of drug-likeness (QED) is 0.796. The van der Waals surface area contributed by atoms with Crippen LogP contribution in [0.25, 0.3) is 10.9 Å². The number of aromatic amines is 1. The molecule has 0 spiro atoms. The highest BCUT2D eigenvalue weighted by molar-refractivity contribution is 9.10. The zero-order valence-corrected chi connectivity index (χ0v) is 16.3. The zero-order chi connectivity index (χ0) is 17.8. The van der Waals surface area contributed by atoms with Crippen molar-refractivity contribution >= 4 is 32.7 Å². The van der Waals surface area contributed by atoms with Crippen LogP contribution < -0.4 is 0 Å². The van der Waals surface area contributed by atoms with Gasteiger partial charge in [-0.1, -0.05) is 35.8 Å². The Morgan fingerprint density at radius 2 is 2.20 bits per heavy atom. The molecular weight excluding hydrogens is 380 g/mol. The van der Waals surface area contributed by atoms with Crippen molar-refractivity contribution < 1.29 is 9.90 Å². The van der Waals surface area contributed by atoms with E-state index in [2.05, 4.69) is 45.7 Å². The Balaban J connectivity index is 1.54. The van der Waals surface area contributed by atoms with Gasteiger partial charge in [-0.05, 0) is 49.3 Å². The van der Waals surface area contributed by atoms with E-state index in [0.717, 1.165) is 35.7 Å². The van der Waals surface area contributed by atoms with Gasteiger partial charge in [0.15, 0.2) is 0 Å². The van der Waals surface area contributed by atoms with Crippen LogP contribution in [0.2, 0.25) is 0 Å². The molecule has 2 aliphatic heterocycles. The second-order valence-corrected chi connectivity index (χ2v) is 8.72. The van der Waals surface area contributed by atoms with Crippen LogP contribution in [0.15, 0.2) is 28.9 Å². The number of nitrogens with one attached hydrogen (secondary N) is 1. The van der Waals surface area contributed by atoms with Crippen LogP contribution in [0.1, 0.15) is 57.4 Å². The third-order valence-electron chi connectivity index (χ3n) is 6.09. The molecule has 2 atom stereocenters. The number of hydrogen-bond acceptors (Lipinski definition) is 2. The third kappa shape index (κ3) is 2.81. The fourth-order valence-corrected chi connectivity index (χ4v) is 5.39. The van der Waals surface area contributed by atoms with Gasteiger partial charge >= 0.3 is 0 Å². The lowest BCUT2D eigenvalue weighted by molar-refractivity contribution is -0.178. The fraction of sp³-hybridized carbons (Fsp3) is 0.550. The largest absolute Gasteiger partial charge is 0.390 e. The minimum Gasteiger partial charge on any atom is -0.390 e. The van der Waals surface area contributed by atoms with Crippen LogP contribution in [0.4, 0.5) is 0 Å². The third-order valence-corrected chi connectivity index (χ3v) is 6.75. The number of piperidine rings is 2. The number of fused-ring (bicyclic) bond motifs is 3. The van der Waals surface area contributed by atoms with Gasteiger partial charge in [0.25, 0.3) is 0 Å². The molecule has 2 aromatic rings. The van der Waals surface area contributed by atoms with E-state index >= 15 is 0 Å². The molecule has 1 aromatic carbocycles. The van der Waals surface area contributed by atoms with Crippen LogP contribution in [-0.4, -0.2) is 38.6 Å². The minimum absolute atomic E-state index is 0.151. The molecule has 1 saturated carbocycles. The first-order valence-corrected chi connectivity index (χ1v) is 10.00. The van der Waals surface area contributed by atoms with Gasteiger partial charge in [-0.25, -0.2) is 0 Å². The smallest absolute Gasteiger partial charge is 0.223 e. The Labute approximate surface area is 156 Å². The standard InChI is InChI=1S/C20H25BrN2O2/c1-3-13-8-20(25)9-14(10-20)23(13)18(24)7-12(2)15-11-22-17-6-4-5-16(21)19(15)17/h4-6,11-14,22,25H,3,7-10H2,1-2H3. The van der Waals surface area contributed by atoms with Crippen molar-refractivity contribution in [1.29, 1.82) is 0 Å². The molecule has 2 N–H and O–H groups in total. The summed E-state index contributed by atoms with van der Waals surface area (Å²) in [7, 11) is 0. The normalized spacial score (nSPS) is 29.5. The van der Waals surface area contributed by atoms with Gasteiger partial charge in [0.05, 0.1) is 5.60 Å². The van der Waals surface area contributed by atoms with E-state index in [9.17, 15) is 9.90 Å². The molecule has 2 bridgehead atoms. The highest BCUT2D eigenvalue weighted by atomic mass is 79.9. The molecule has 1 aliphatic carbocycles. The summed E-state index contributed by atoms with van der Waals surface area (Å²) in [5, 5.41) is 11.5. The van der Waals surface area contributed by atoms with Crippen molar-refractivity contribution in [3.63, 3.8) is 0 Å². The molecule has 5 heteroatoms. The lowest BCUT2D eigenvalue weighted by Gasteiger charge is -2.58. The lowest BCUT2D eigenvalue weighted by atomic mass is 9.66. The highest BCUT2D eigenvalue weighted by Gasteiger charge is 2.54. The fourth-order valence-electron chi connectivity index (χ4n) is 4.80. The van der Waals surface area contributed by atoms with Crippen molar-refractivity contribution in [3.05, 3.63) is 34.4 Å². The predicted molar refractivity (Wildman–Crippen MR) is 103 cm³/mol. The molecule has 0 radical (unpaired) electrons. The van der Waals surface area contributed by atoms with Crippen molar-refractivity contribution in [2.24, 2.45) is 0 Å². The van der Waals surface area contributed by atoms with Crippen molar-refractivity contribution in [1.82, 2.24) is 9.88 Å². The Kier molecular flexibility index (Phi) is 4.19. The van der Waals surface area contributed by atoms with Crippen LogP contribution in [-0.2, 0) is 4.79 Å². The molecular formula is C20H25BrN2O2. The molecule has 2 saturated heterocycles. The molecule has 3 heterocycles. The zero-order valence-electron chi connectivity index (χ0n) is 14.8. The SMILES string of the molecule is CCC1CC2(O)CC(C2)N1C(=O)CC(C)c1c[nH]c2cccc(Br)c12. The van der Waals surface area contributed by atoms with Crippen LogP contribution >= 0.6 is 15.9 Å². The van der Waals surface area contributed by atoms with E-state index < -0.39 is 5.60 Å². The number of rotatable bonds is 4. The van der Waals surface area contributed by atoms with E-state index in [1.165, 1.54) is 10.9 Å². The number of amides is 1. The van der Waals surface area contributed by atoms with E-state index in [-0.39, 0.29) is 23.9 Å². The predicted octanol–water partition coefficient (Wildman–Crippen LogP) is 4.33. The first kappa shape index (κ1) is 17.1. The summed E-state index contributed by atoms with van der Waals surface area (Å²) >= 11 is 3.64. The summed E-state index contributed by atoms with van der Waals surface area (Å²) in [6.07, 6.45) is 5.70. The van der Waals surface area contributed by atoms with Gasteiger partial charge in [-0.3, -0.25) is 4.79 Å². The van der Waals surface area contributed by atoms with Gasteiger partial charge < -0.3 is 15.0 Å². The van der Waals surface area contributed by atoms with Crippen molar-refractivity contribution in [3.8, 4) is 0 Å². The molecule has 2 unspecified atom stereocenters. The molecule has 25 heavy (non-hydrogen) atoms. The number of carbonyl (C=O) groups is 1. The molecule has 3 aliphatic rings. The summed E-state index contributed by atoms with van der Waals surface area (Å²) in [6, 6.07) is 6.54. The topological polar surface area (TPSA) is 56.3 Å². The first-order chi connectivity index (χ1) is 11.9. The molecule has 4 nitrogen and oxygen atoms in total. The average molecular weight is 405 g/mol. The van der Waals surface area contributed by atoms with Gasteiger partial charge in [-0.15, -0.1) is 0 Å². The van der Waals surface area contributed by atoms with Gasteiger partial charge in [0.1, 0.15) is 0 Å².